The van der Waals surface area contributed by atoms with Crippen LogP contribution >= 0.6 is 0 Å². The molecule has 0 amide bonds. The van der Waals surface area contributed by atoms with E-state index in [-0.39, 0.29) is 0 Å². The van der Waals surface area contributed by atoms with E-state index in [0.29, 0.717) is 26.2 Å². The summed E-state index contributed by atoms with van der Waals surface area (Å²) in [6.45, 7) is 11.1. The molecule has 2 N–H and O–H groups in total. The van der Waals surface area contributed by atoms with Gasteiger partial charge in [-0.25, -0.2) is 17.7 Å². The number of nitrogens with zero attached hydrogens (tertiary/aromatic N) is 2. The number of hydrogen-bond acceptors (Lipinski definition) is 3. The Morgan fingerprint density at radius 2 is 1.92 bits per heavy atom. The van der Waals surface area contributed by atoms with Crippen LogP contribution in [0.4, 0.5) is 0 Å². The summed E-state index contributed by atoms with van der Waals surface area (Å²) < 4.78 is 24.6. The third-order valence-corrected chi connectivity index (χ3v) is 5.33. The molecule has 0 aliphatic heterocycles. The van der Waals surface area contributed by atoms with E-state index < -0.39 is 10.0 Å². The number of nitrogens with one attached hydrogen (secondary N) is 2. The molecule has 0 spiro atoms. The first-order valence-corrected chi connectivity index (χ1v) is 10.7. The first-order chi connectivity index (χ1) is 11.8. The summed E-state index contributed by atoms with van der Waals surface area (Å²) in [5.74, 6) is 0.755. The summed E-state index contributed by atoms with van der Waals surface area (Å²) in [7, 11) is -3.12. The average molecular weight is 369 g/mol. The van der Waals surface area contributed by atoms with Crippen molar-refractivity contribution in [3.05, 3.63) is 34.9 Å². The molecule has 0 saturated heterocycles. The Balaban J connectivity index is 2.56. The Bertz CT molecular complexity index is 672. The van der Waals surface area contributed by atoms with Crippen LogP contribution in [-0.2, 0) is 16.6 Å². The number of rotatable bonds is 9. The summed E-state index contributed by atoms with van der Waals surface area (Å²) in [6.07, 6.45) is 1.98. The molecule has 0 bridgehead atoms. The van der Waals surface area contributed by atoms with E-state index in [2.05, 4.69) is 47.7 Å². The molecule has 0 atom stereocenters. The van der Waals surface area contributed by atoms with Gasteiger partial charge >= 0.3 is 0 Å². The lowest BCUT2D eigenvalue weighted by atomic mass is 10.1. The Kier molecular flexibility index (Phi) is 8.92. The van der Waals surface area contributed by atoms with Crippen LogP contribution in [0.25, 0.3) is 0 Å². The van der Waals surface area contributed by atoms with Crippen LogP contribution in [0, 0.1) is 13.8 Å². The van der Waals surface area contributed by atoms with Crippen LogP contribution in [0.1, 0.15) is 37.0 Å². The SMILES string of the molecule is CCNC(=NCc1ccc(C)cc1C)NCCCN(CC)S(C)(=O)=O. The van der Waals surface area contributed by atoms with Gasteiger partial charge in [0, 0.05) is 26.2 Å². The zero-order valence-corrected chi connectivity index (χ0v) is 16.9. The molecule has 0 heterocycles. The molecular weight excluding hydrogens is 336 g/mol. The second kappa shape index (κ2) is 10.4. The summed E-state index contributed by atoms with van der Waals surface area (Å²) in [5, 5.41) is 6.49. The number of benzene rings is 1. The monoisotopic (exact) mass is 368 g/mol. The Morgan fingerprint density at radius 1 is 1.20 bits per heavy atom. The van der Waals surface area contributed by atoms with Gasteiger partial charge in [-0.3, -0.25) is 0 Å². The highest BCUT2D eigenvalue weighted by atomic mass is 32.2. The standard InChI is InChI=1S/C18H32N4O2S/c1-6-19-18(20-11-8-12-22(7-2)25(5,23)24)21-14-17-10-9-15(3)13-16(17)4/h9-10,13H,6-8,11-12,14H2,1-5H3,(H2,19,20,21). The molecule has 0 radical (unpaired) electrons. The van der Waals surface area contributed by atoms with Gasteiger partial charge in [0.25, 0.3) is 0 Å². The quantitative estimate of drug-likeness (QED) is 0.397. The third-order valence-electron chi connectivity index (χ3n) is 3.95. The Labute approximate surface area is 152 Å². The van der Waals surface area contributed by atoms with Crippen molar-refractivity contribution in [2.24, 2.45) is 4.99 Å². The lowest BCUT2D eigenvalue weighted by molar-refractivity contribution is 0.424. The number of aryl methyl sites for hydroxylation is 2. The Hall–Kier alpha value is -1.60. The molecule has 6 nitrogen and oxygen atoms in total. The average Bonchev–Trinajstić information content (AvgIpc) is 2.52. The third kappa shape index (κ3) is 7.88. The normalized spacial score (nSPS) is 12.5. The highest BCUT2D eigenvalue weighted by Gasteiger charge is 2.13. The van der Waals surface area contributed by atoms with Crippen molar-refractivity contribution >= 4 is 16.0 Å². The van der Waals surface area contributed by atoms with Gasteiger partial charge in [-0.15, -0.1) is 0 Å². The summed E-state index contributed by atoms with van der Waals surface area (Å²) in [4.78, 5) is 4.62. The van der Waals surface area contributed by atoms with Crippen LogP contribution < -0.4 is 10.6 Å². The van der Waals surface area contributed by atoms with E-state index in [4.69, 9.17) is 0 Å². The minimum atomic E-state index is -3.12. The number of aliphatic imine (C=N–C) groups is 1. The van der Waals surface area contributed by atoms with Crippen LogP contribution in [0.3, 0.4) is 0 Å². The van der Waals surface area contributed by atoms with Crippen molar-refractivity contribution in [3.8, 4) is 0 Å². The fraction of sp³-hybridized carbons (Fsp3) is 0.611. The zero-order chi connectivity index (χ0) is 18.9. The van der Waals surface area contributed by atoms with Gasteiger partial charge in [0.05, 0.1) is 12.8 Å². The van der Waals surface area contributed by atoms with Crippen molar-refractivity contribution in [2.45, 2.75) is 40.7 Å². The summed E-state index contributed by atoms with van der Waals surface area (Å²) >= 11 is 0. The second-order valence-electron chi connectivity index (χ2n) is 6.16. The van der Waals surface area contributed by atoms with Gasteiger partial charge in [0.1, 0.15) is 0 Å². The zero-order valence-electron chi connectivity index (χ0n) is 16.1. The minimum absolute atomic E-state index is 0.500. The van der Waals surface area contributed by atoms with Crippen molar-refractivity contribution in [2.75, 3.05) is 32.4 Å². The smallest absolute Gasteiger partial charge is 0.211 e. The largest absolute Gasteiger partial charge is 0.357 e. The maximum atomic E-state index is 11.6. The first kappa shape index (κ1) is 21.4. The van der Waals surface area contributed by atoms with Gasteiger partial charge in [0.15, 0.2) is 5.96 Å². The topological polar surface area (TPSA) is 73.8 Å². The molecule has 0 aliphatic rings. The molecule has 1 aromatic carbocycles. The highest BCUT2D eigenvalue weighted by molar-refractivity contribution is 7.88. The van der Waals surface area contributed by atoms with E-state index in [9.17, 15) is 8.42 Å². The fourth-order valence-corrected chi connectivity index (χ4v) is 3.48. The maximum absolute atomic E-state index is 11.6. The first-order valence-electron chi connectivity index (χ1n) is 8.81. The Morgan fingerprint density at radius 3 is 2.48 bits per heavy atom. The van der Waals surface area contributed by atoms with Crippen molar-refractivity contribution in [1.82, 2.24) is 14.9 Å². The number of sulfonamides is 1. The lowest BCUT2D eigenvalue weighted by Gasteiger charge is -2.18. The van der Waals surface area contributed by atoms with E-state index >= 15 is 0 Å². The highest BCUT2D eigenvalue weighted by Crippen LogP contribution is 2.11. The molecule has 0 unspecified atom stereocenters. The predicted molar refractivity (Wildman–Crippen MR) is 105 cm³/mol. The predicted octanol–water partition coefficient (Wildman–Crippen LogP) is 2.03. The van der Waals surface area contributed by atoms with Gasteiger partial charge in [-0.05, 0) is 38.3 Å². The van der Waals surface area contributed by atoms with Gasteiger partial charge in [-0.1, -0.05) is 30.7 Å². The second-order valence-corrected chi connectivity index (χ2v) is 8.14. The molecule has 7 heteroatoms. The maximum Gasteiger partial charge on any atom is 0.211 e. The van der Waals surface area contributed by atoms with Crippen molar-refractivity contribution in [3.63, 3.8) is 0 Å². The van der Waals surface area contributed by atoms with E-state index in [1.807, 2.05) is 13.8 Å². The summed E-state index contributed by atoms with van der Waals surface area (Å²) in [5.41, 5.74) is 3.70. The van der Waals surface area contributed by atoms with Crippen LogP contribution in [0.2, 0.25) is 0 Å². The molecule has 1 rings (SSSR count). The molecular formula is C18H32N4O2S. The summed E-state index contributed by atoms with van der Waals surface area (Å²) in [6, 6.07) is 6.38. The lowest BCUT2D eigenvalue weighted by Crippen LogP contribution is -2.39. The van der Waals surface area contributed by atoms with E-state index in [1.165, 1.54) is 27.3 Å². The van der Waals surface area contributed by atoms with Gasteiger partial charge in [0.2, 0.25) is 10.0 Å². The number of hydrogen-bond donors (Lipinski definition) is 2. The molecule has 1 aromatic rings. The molecule has 0 fully saturated rings. The minimum Gasteiger partial charge on any atom is -0.357 e. The van der Waals surface area contributed by atoms with E-state index in [0.717, 1.165) is 18.9 Å². The molecule has 25 heavy (non-hydrogen) atoms. The molecule has 0 aromatic heterocycles. The van der Waals surface area contributed by atoms with Crippen LogP contribution in [0.5, 0.6) is 0 Å². The van der Waals surface area contributed by atoms with Crippen molar-refractivity contribution in [1.29, 1.82) is 0 Å². The van der Waals surface area contributed by atoms with Crippen molar-refractivity contribution < 1.29 is 8.42 Å². The molecule has 142 valence electrons. The molecule has 0 aliphatic carbocycles. The molecule has 0 saturated carbocycles. The fourth-order valence-electron chi connectivity index (χ4n) is 2.55. The van der Waals surface area contributed by atoms with Crippen LogP contribution in [-0.4, -0.2) is 51.1 Å². The van der Waals surface area contributed by atoms with E-state index in [1.54, 1.807) is 0 Å². The number of guanidine groups is 1. The van der Waals surface area contributed by atoms with Crippen LogP contribution in [0.15, 0.2) is 23.2 Å². The van der Waals surface area contributed by atoms with Gasteiger partial charge < -0.3 is 10.6 Å². The van der Waals surface area contributed by atoms with Gasteiger partial charge in [-0.2, -0.15) is 0 Å².